The molecular weight excluding hydrogens is 223 g/mol. The maximum atomic E-state index is 12.5. The molecule has 0 spiro atoms. The second kappa shape index (κ2) is 4.51. The van der Waals surface area contributed by atoms with Crippen molar-refractivity contribution in [3.63, 3.8) is 0 Å². The molecule has 2 N–H and O–H groups in total. The van der Waals surface area contributed by atoms with Crippen LogP contribution in [0.5, 0.6) is 0 Å². The molecule has 0 saturated heterocycles. The smallest absolute Gasteiger partial charge is 0.385 e. The second-order valence-corrected chi connectivity index (χ2v) is 3.10. The van der Waals surface area contributed by atoms with E-state index in [4.69, 9.17) is 10.4 Å². The number of benzene rings is 1. The number of aliphatic hydroxyl groups excluding tert-OH is 2. The van der Waals surface area contributed by atoms with Crippen LogP contribution in [0, 0.1) is 11.3 Å². The molecule has 0 fully saturated rings. The lowest BCUT2D eigenvalue weighted by Gasteiger charge is -2.17. The predicted molar refractivity (Wildman–Crippen MR) is 48.0 cm³/mol. The molecule has 0 saturated carbocycles. The highest BCUT2D eigenvalue weighted by molar-refractivity contribution is 5.32. The largest absolute Gasteiger partial charge is 0.416 e. The van der Waals surface area contributed by atoms with E-state index in [2.05, 4.69) is 0 Å². The fourth-order valence-corrected chi connectivity index (χ4v) is 1.25. The van der Waals surface area contributed by atoms with Crippen molar-refractivity contribution in [3.05, 3.63) is 35.4 Å². The van der Waals surface area contributed by atoms with E-state index in [1.54, 1.807) is 0 Å². The Morgan fingerprint density at radius 1 is 1.19 bits per heavy atom. The van der Waals surface area contributed by atoms with Crippen molar-refractivity contribution >= 4 is 0 Å². The van der Waals surface area contributed by atoms with E-state index in [-0.39, 0.29) is 0 Å². The summed E-state index contributed by atoms with van der Waals surface area (Å²) in [5.41, 5.74) is -1.57. The lowest BCUT2D eigenvalue weighted by atomic mass is 9.99. The van der Waals surface area contributed by atoms with Crippen molar-refractivity contribution in [1.82, 2.24) is 0 Å². The van der Waals surface area contributed by atoms with Gasteiger partial charge in [0.1, 0.15) is 6.10 Å². The molecule has 0 aliphatic rings. The Labute approximate surface area is 89.4 Å². The van der Waals surface area contributed by atoms with Gasteiger partial charge in [-0.3, -0.25) is 0 Å². The average Bonchev–Trinajstić information content (AvgIpc) is 2.26. The molecule has 3 nitrogen and oxygen atoms in total. The first-order valence-electron chi connectivity index (χ1n) is 4.29. The Bertz CT molecular complexity index is 411. The number of nitriles is 1. The molecule has 1 rings (SSSR count). The van der Waals surface area contributed by atoms with Gasteiger partial charge in [0, 0.05) is 0 Å². The molecule has 6 heteroatoms. The van der Waals surface area contributed by atoms with Crippen molar-refractivity contribution in [1.29, 1.82) is 5.26 Å². The van der Waals surface area contributed by atoms with Crippen molar-refractivity contribution in [2.45, 2.75) is 18.4 Å². The van der Waals surface area contributed by atoms with Gasteiger partial charge in [-0.2, -0.15) is 18.4 Å². The quantitative estimate of drug-likeness (QED) is 0.760. The molecule has 0 amide bonds. The molecule has 1 aromatic rings. The van der Waals surface area contributed by atoms with Crippen molar-refractivity contribution < 1.29 is 23.4 Å². The molecule has 0 bridgehead atoms. The van der Waals surface area contributed by atoms with Gasteiger partial charge >= 0.3 is 6.18 Å². The highest BCUT2D eigenvalue weighted by Gasteiger charge is 2.36. The highest BCUT2D eigenvalue weighted by atomic mass is 19.4. The zero-order chi connectivity index (χ0) is 12.3. The summed E-state index contributed by atoms with van der Waals surface area (Å²) < 4.78 is 37.5. The number of hydrogen-bond acceptors (Lipinski definition) is 3. The molecule has 86 valence electrons. The predicted octanol–water partition coefficient (Wildman–Crippen LogP) is 1.62. The Morgan fingerprint density at radius 2 is 1.75 bits per heavy atom. The first-order valence-corrected chi connectivity index (χ1v) is 4.29. The molecule has 0 radical (unpaired) electrons. The average molecular weight is 231 g/mol. The van der Waals surface area contributed by atoms with E-state index in [9.17, 15) is 18.3 Å². The summed E-state index contributed by atoms with van der Waals surface area (Å²) >= 11 is 0. The second-order valence-electron chi connectivity index (χ2n) is 3.10. The van der Waals surface area contributed by atoms with E-state index >= 15 is 0 Å². The lowest BCUT2D eigenvalue weighted by Crippen LogP contribution is -2.20. The normalized spacial score (nSPS) is 15.2. The minimum Gasteiger partial charge on any atom is -0.385 e. The molecular formula is C10H8F3NO2. The summed E-state index contributed by atoms with van der Waals surface area (Å²) in [6.07, 6.45) is -8.39. The minimum absolute atomic E-state index is 0.510. The van der Waals surface area contributed by atoms with E-state index in [0.717, 1.165) is 18.2 Å². The fraction of sp³-hybridized carbons (Fsp3) is 0.300. The van der Waals surface area contributed by atoms with Gasteiger partial charge in [-0.25, -0.2) is 0 Å². The SMILES string of the molecule is N#CC(O)C(O)c1ccccc1C(F)(F)F. The van der Waals surface area contributed by atoms with Gasteiger partial charge in [0.2, 0.25) is 0 Å². The summed E-state index contributed by atoms with van der Waals surface area (Å²) in [7, 11) is 0. The Kier molecular flexibility index (Phi) is 3.52. The fourth-order valence-electron chi connectivity index (χ4n) is 1.25. The van der Waals surface area contributed by atoms with Crippen LogP contribution in [0.2, 0.25) is 0 Å². The van der Waals surface area contributed by atoms with Crippen molar-refractivity contribution in [2.24, 2.45) is 0 Å². The molecule has 0 heterocycles. The first kappa shape index (κ1) is 12.5. The third-order valence-corrected chi connectivity index (χ3v) is 2.02. The third-order valence-electron chi connectivity index (χ3n) is 2.02. The summed E-state index contributed by atoms with van der Waals surface area (Å²) in [5.74, 6) is 0. The lowest BCUT2D eigenvalue weighted by molar-refractivity contribution is -0.139. The zero-order valence-electron chi connectivity index (χ0n) is 7.94. The van der Waals surface area contributed by atoms with E-state index < -0.39 is 29.5 Å². The Hall–Kier alpha value is -1.58. The molecule has 2 atom stereocenters. The van der Waals surface area contributed by atoms with Crippen LogP contribution in [0.1, 0.15) is 17.2 Å². The van der Waals surface area contributed by atoms with Crippen LogP contribution in [0.3, 0.4) is 0 Å². The summed E-state index contributed by atoms with van der Waals surface area (Å²) in [6, 6.07) is 5.54. The number of hydrogen-bond donors (Lipinski definition) is 2. The van der Waals surface area contributed by atoms with Crippen LogP contribution >= 0.6 is 0 Å². The van der Waals surface area contributed by atoms with Gasteiger partial charge < -0.3 is 10.2 Å². The minimum atomic E-state index is -4.63. The van der Waals surface area contributed by atoms with Gasteiger partial charge in [-0.15, -0.1) is 0 Å². The topological polar surface area (TPSA) is 64.2 Å². The molecule has 1 aromatic carbocycles. The summed E-state index contributed by atoms with van der Waals surface area (Å²) in [6.45, 7) is 0. The summed E-state index contributed by atoms with van der Waals surface area (Å²) in [5, 5.41) is 26.7. The van der Waals surface area contributed by atoms with Crippen LogP contribution in [-0.2, 0) is 6.18 Å². The van der Waals surface area contributed by atoms with Gasteiger partial charge in [0.15, 0.2) is 6.10 Å². The first-order chi connectivity index (χ1) is 7.38. The molecule has 0 aromatic heterocycles. The van der Waals surface area contributed by atoms with Crippen LogP contribution in [0.25, 0.3) is 0 Å². The maximum absolute atomic E-state index is 12.5. The third kappa shape index (κ3) is 2.51. The van der Waals surface area contributed by atoms with Crippen molar-refractivity contribution in [3.8, 4) is 6.07 Å². The summed E-state index contributed by atoms with van der Waals surface area (Å²) in [4.78, 5) is 0. The Balaban J connectivity index is 3.20. The van der Waals surface area contributed by atoms with E-state index in [1.807, 2.05) is 0 Å². The molecule has 2 unspecified atom stereocenters. The standard InChI is InChI=1S/C10H8F3NO2/c11-10(12,13)7-4-2-1-3-6(7)9(16)8(15)5-14/h1-4,8-9,15-16H. The van der Waals surface area contributed by atoms with Gasteiger partial charge in [-0.1, -0.05) is 18.2 Å². The highest BCUT2D eigenvalue weighted by Crippen LogP contribution is 2.35. The molecule has 0 aliphatic heterocycles. The monoisotopic (exact) mass is 231 g/mol. The van der Waals surface area contributed by atoms with Gasteiger partial charge in [0.05, 0.1) is 11.6 Å². The number of alkyl halides is 3. The number of aliphatic hydroxyl groups is 2. The van der Waals surface area contributed by atoms with Crippen LogP contribution in [0.4, 0.5) is 13.2 Å². The number of rotatable bonds is 2. The number of halogens is 3. The maximum Gasteiger partial charge on any atom is 0.416 e. The van der Waals surface area contributed by atoms with E-state index in [0.29, 0.717) is 0 Å². The van der Waals surface area contributed by atoms with Crippen LogP contribution < -0.4 is 0 Å². The zero-order valence-corrected chi connectivity index (χ0v) is 7.94. The molecule has 0 aliphatic carbocycles. The molecule has 16 heavy (non-hydrogen) atoms. The van der Waals surface area contributed by atoms with Crippen molar-refractivity contribution in [2.75, 3.05) is 0 Å². The Morgan fingerprint density at radius 3 is 2.25 bits per heavy atom. The van der Waals surface area contributed by atoms with Crippen LogP contribution in [-0.4, -0.2) is 16.3 Å². The van der Waals surface area contributed by atoms with Gasteiger partial charge in [-0.05, 0) is 11.6 Å². The van der Waals surface area contributed by atoms with Crippen LogP contribution in [0.15, 0.2) is 24.3 Å². The van der Waals surface area contributed by atoms with Gasteiger partial charge in [0.25, 0.3) is 0 Å². The number of nitrogens with zero attached hydrogens (tertiary/aromatic N) is 1. The van der Waals surface area contributed by atoms with E-state index in [1.165, 1.54) is 12.1 Å².